The first-order valence-corrected chi connectivity index (χ1v) is 9.63. The van der Waals surface area contributed by atoms with Crippen molar-refractivity contribution in [1.29, 1.82) is 0 Å². The van der Waals surface area contributed by atoms with Crippen LogP contribution in [0.2, 0.25) is 0 Å². The van der Waals surface area contributed by atoms with E-state index in [-0.39, 0.29) is 6.04 Å². The molecule has 0 amide bonds. The molecule has 1 aliphatic rings. The summed E-state index contributed by atoms with van der Waals surface area (Å²) in [7, 11) is 1.65. The molecule has 8 heteroatoms. The van der Waals surface area contributed by atoms with Gasteiger partial charge in [0.25, 0.3) is 0 Å². The Bertz CT molecular complexity index is 918. The van der Waals surface area contributed by atoms with E-state index in [0.717, 1.165) is 43.3 Å². The van der Waals surface area contributed by atoms with Gasteiger partial charge in [-0.25, -0.2) is 4.98 Å². The first-order chi connectivity index (χ1) is 14.3. The van der Waals surface area contributed by atoms with E-state index in [2.05, 4.69) is 30.4 Å². The molecule has 3 aromatic rings. The second-order valence-electron chi connectivity index (χ2n) is 6.72. The SMILES string of the molecule is COc1cccc(-c2cnnc(NC[C@H](c3ccncc3)N3CCOCC3)n2)c1. The fraction of sp³-hybridized carbons (Fsp3) is 0.333. The van der Waals surface area contributed by atoms with Gasteiger partial charge in [-0.1, -0.05) is 12.1 Å². The van der Waals surface area contributed by atoms with Crippen molar-refractivity contribution in [2.24, 2.45) is 0 Å². The van der Waals surface area contributed by atoms with Crippen LogP contribution in [0, 0.1) is 0 Å². The van der Waals surface area contributed by atoms with E-state index in [1.807, 2.05) is 48.8 Å². The van der Waals surface area contributed by atoms with Crippen LogP contribution in [0.1, 0.15) is 11.6 Å². The van der Waals surface area contributed by atoms with Crippen molar-refractivity contribution in [2.75, 3.05) is 45.3 Å². The number of benzene rings is 1. The highest BCUT2D eigenvalue weighted by molar-refractivity contribution is 5.61. The third-order valence-electron chi connectivity index (χ3n) is 4.96. The zero-order valence-corrected chi connectivity index (χ0v) is 16.4. The Labute approximate surface area is 169 Å². The zero-order valence-electron chi connectivity index (χ0n) is 16.4. The number of ether oxygens (including phenoxy) is 2. The number of morpholine rings is 1. The lowest BCUT2D eigenvalue weighted by Gasteiger charge is -2.34. The molecule has 1 N–H and O–H groups in total. The molecule has 0 saturated carbocycles. The summed E-state index contributed by atoms with van der Waals surface area (Å²) in [5, 5.41) is 11.6. The minimum atomic E-state index is 0.172. The Hall–Kier alpha value is -3.10. The average molecular weight is 392 g/mol. The lowest BCUT2D eigenvalue weighted by atomic mass is 10.1. The molecule has 150 valence electrons. The highest BCUT2D eigenvalue weighted by atomic mass is 16.5. The largest absolute Gasteiger partial charge is 0.497 e. The second kappa shape index (κ2) is 9.40. The Morgan fingerprint density at radius 2 is 2.00 bits per heavy atom. The third kappa shape index (κ3) is 4.85. The molecule has 0 spiro atoms. The van der Waals surface area contributed by atoms with Gasteiger partial charge in [0.1, 0.15) is 5.75 Å². The lowest BCUT2D eigenvalue weighted by Crippen LogP contribution is -2.41. The van der Waals surface area contributed by atoms with Gasteiger partial charge in [-0.15, -0.1) is 5.10 Å². The molecule has 1 saturated heterocycles. The van der Waals surface area contributed by atoms with Crippen LogP contribution in [-0.4, -0.2) is 65.0 Å². The van der Waals surface area contributed by atoms with Gasteiger partial charge in [0.05, 0.1) is 38.3 Å². The Morgan fingerprint density at radius 3 is 2.79 bits per heavy atom. The summed E-state index contributed by atoms with van der Waals surface area (Å²) < 4.78 is 10.8. The monoisotopic (exact) mass is 392 g/mol. The maximum atomic E-state index is 5.51. The van der Waals surface area contributed by atoms with Crippen molar-refractivity contribution in [3.63, 3.8) is 0 Å². The molecule has 0 radical (unpaired) electrons. The Morgan fingerprint density at radius 1 is 1.17 bits per heavy atom. The van der Waals surface area contributed by atoms with Gasteiger partial charge >= 0.3 is 0 Å². The summed E-state index contributed by atoms with van der Waals surface area (Å²) in [6, 6.07) is 12.0. The van der Waals surface area contributed by atoms with Crippen LogP contribution in [0.25, 0.3) is 11.3 Å². The highest BCUT2D eigenvalue weighted by Gasteiger charge is 2.22. The molecular formula is C21H24N6O2. The van der Waals surface area contributed by atoms with Crippen LogP contribution in [0.5, 0.6) is 5.75 Å². The number of nitrogens with zero attached hydrogens (tertiary/aromatic N) is 5. The standard InChI is InChI=1S/C21H24N6O2/c1-28-18-4-2-3-17(13-18)19-14-24-26-21(25-19)23-15-20(16-5-7-22-8-6-16)27-9-11-29-12-10-27/h2-8,13-14,20H,9-12,15H2,1H3,(H,23,25,26)/t20-/m1/s1. The van der Waals surface area contributed by atoms with Crippen LogP contribution in [-0.2, 0) is 4.74 Å². The van der Waals surface area contributed by atoms with Crippen molar-refractivity contribution in [3.8, 4) is 17.0 Å². The molecule has 4 rings (SSSR count). The van der Waals surface area contributed by atoms with Crippen LogP contribution in [0.15, 0.2) is 55.0 Å². The smallest absolute Gasteiger partial charge is 0.243 e. The van der Waals surface area contributed by atoms with Crippen LogP contribution in [0.3, 0.4) is 0 Å². The molecule has 1 aromatic carbocycles. The molecule has 1 atom stereocenters. The number of aromatic nitrogens is 4. The molecule has 1 aliphatic heterocycles. The van der Waals surface area contributed by atoms with Gasteiger partial charge in [-0.3, -0.25) is 9.88 Å². The predicted octanol–water partition coefficient (Wildman–Crippen LogP) is 2.43. The summed E-state index contributed by atoms with van der Waals surface area (Å²) in [6.07, 6.45) is 5.30. The topological polar surface area (TPSA) is 85.3 Å². The molecule has 1 fully saturated rings. The minimum Gasteiger partial charge on any atom is -0.497 e. The van der Waals surface area contributed by atoms with E-state index in [9.17, 15) is 0 Å². The molecule has 2 aromatic heterocycles. The molecule has 0 aliphatic carbocycles. The molecule has 29 heavy (non-hydrogen) atoms. The van der Waals surface area contributed by atoms with Gasteiger partial charge in [0, 0.05) is 37.6 Å². The Kier molecular flexibility index (Phi) is 6.23. The number of hydrogen-bond donors (Lipinski definition) is 1. The van der Waals surface area contributed by atoms with Crippen molar-refractivity contribution in [1.82, 2.24) is 25.1 Å². The normalized spacial score (nSPS) is 15.6. The van der Waals surface area contributed by atoms with Crippen LogP contribution in [0.4, 0.5) is 5.95 Å². The summed E-state index contributed by atoms with van der Waals surface area (Å²) >= 11 is 0. The molecular weight excluding hydrogens is 368 g/mol. The van der Waals surface area contributed by atoms with Crippen molar-refractivity contribution < 1.29 is 9.47 Å². The number of hydrogen-bond acceptors (Lipinski definition) is 8. The highest BCUT2D eigenvalue weighted by Crippen LogP contribution is 2.24. The lowest BCUT2D eigenvalue weighted by molar-refractivity contribution is 0.0186. The predicted molar refractivity (Wildman–Crippen MR) is 110 cm³/mol. The molecule has 3 heterocycles. The second-order valence-corrected chi connectivity index (χ2v) is 6.72. The van der Waals surface area contributed by atoms with E-state index in [0.29, 0.717) is 12.5 Å². The third-order valence-corrected chi connectivity index (χ3v) is 4.96. The molecule has 0 bridgehead atoms. The fourth-order valence-electron chi connectivity index (χ4n) is 3.42. The number of pyridine rings is 1. The average Bonchev–Trinajstić information content (AvgIpc) is 2.81. The number of rotatable bonds is 7. The van der Waals surface area contributed by atoms with E-state index in [4.69, 9.17) is 9.47 Å². The minimum absolute atomic E-state index is 0.172. The van der Waals surface area contributed by atoms with E-state index in [1.54, 1.807) is 13.3 Å². The molecule has 8 nitrogen and oxygen atoms in total. The fourth-order valence-corrected chi connectivity index (χ4v) is 3.42. The summed E-state index contributed by atoms with van der Waals surface area (Å²) in [5.41, 5.74) is 2.88. The van der Waals surface area contributed by atoms with Crippen molar-refractivity contribution in [3.05, 3.63) is 60.6 Å². The van der Waals surface area contributed by atoms with Crippen LogP contribution >= 0.6 is 0 Å². The van der Waals surface area contributed by atoms with Gasteiger partial charge in [-0.2, -0.15) is 5.10 Å². The Balaban J connectivity index is 1.51. The maximum absolute atomic E-state index is 5.51. The summed E-state index contributed by atoms with van der Waals surface area (Å²) in [6.45, 7) is 3.92. The van der Waals surface area contributed by atoms with E-state index in [1.165, 1.54) is 5.56 Å². The summed E-state index contributed by atoms with van der Waals surface area (Å²) in [5.74, 6) is 1.28. The first kappa shape index (κ1) is 19.2. The van der Waals surface area contributed by atoms with E-state index < -0.39 is 0 Å². The van der Waals surface area contributed by atoms with Crippen molar-refractivity contribution >= 4 is 5.95 Å². The van der Waals surface area contributed by atoms with Gasteiger partial charge in [-0.05, 0) is 29.8 Å². The number of nitrogens with one attached hydrogen (secondary N) is 1. The number of methoxy groups -OCH3 is 1. The molecule has 0 unspecified atom stereocenters. The van der Waals surface area contributed by atoms with Gasteiger partial charge in [0.2, 0.25) is 5.95 Å². The zero-order chi connectivity index (χ0) is 19.9. The number of anilines is 1. The maximum Gasteiger partial charge on any atom is 0.243 e. The summed E-state index contributed by atoms with van der Waals surface area (Å²) in [4.78, 5) is 11.2. The van der Waals surface area contributed by atoms with E-state index >= 15 is 0 Å². The van der Waals surface area contributed by atoms with Gasteiger partial charge in [0.15, 0.2) is 0 Å². The van der Waals surface area contributed by atoms with Crippen LogP contribution < -0.4 is 10.1 Å². The van der Waals surface area contributed by atoms with Gasteiger partial charge < -0.3 is 14.8 Å². The van der Waals surface area contributed by atoms with Crippen molar-refractivity contribution in [2.45, 2.75) is 6.04 Å². The quantitative estimate of drug-likeness (QED) is 0.656. The first-order valence-electron chi connectivity index (χ1n) is 9.63.